The predicted octanol–water partition coefficient (Wildman–Crippen LogP) is 11.4. The van der Waals surface area contributed by atoms with Crippen LogP contribution in [0.4, 0.5) is 0 Å². The Kier molecular flexibility index (Phi) is 8.72. The van der Waals surface area contributed by atoms with E-state index < -0.39 is 0 Å². The molecule has 2 heterocycles. The van der Waals surface area contributed by atoms with Crippen LogP contribution < -0.4 is 0 Å². The Morgan fingerprint density at radius 1 is 0.740 bits per heavy atom. The molecule has 2 aromatic rings. The summed E-state index contributed by atoms with van der Waals surface area (Å²) in [5, 5.41) is 0. The number of aryl methyl sites for hydroxylation is 2. The first-order valence-corrected chi connectivity index (χ1v) is 19.5. The fourth-order valence-electron chi connectivity index (χ4n) is 9.43. The molecule has 0 radical (unpaired) electrons. The Bertz CT molecular complexity index is 1980. The van der Waals surface area contributed by atoms with Gasteiger partial charge in [0.05, 0.1) is 0 Å². The Morgan fingerprint density at radius 2 is 1.62 bits per heavy atom. The Hall–Kier alpha value is -4.31. The van der Waals surface area contributed by atoms with Gasteiger partial charge in [0.1, 0.15) is 17.3 Å². The molecular formula is C46H49N3O. The van der Waals surface area contributed by atoms with Crippen molar-refractivity contribution in [3.05, 3.63) is 136 Å². The second kappa shape index (κ2) is 13.8. The first-order chi connectivity index (χ1) is 24.7. The van der Waals surface area contributed by atoms with E-state index in [4.69, 9.17) is 19.4 Å². The molecule has 2 aromatic heterocycles. The van der Waals surface area contributed by atoms with Crippen LogP contribution in [-0.2, 0) is 12.8 Å². The second-order valence-corrected chi connectivity index (χ2v) is 15.2. The van der Waals surface area contributed by atoms with E-state index in [2.05, 4.69) is 98.1 Å². The van der Waals surface area contributed by atoms with E-state index >= 15 is 0 Å². The standard InChI is InChI=1S/C46H49N3O/c1-2-3-12-30-13-8-16-32(26-25-30)44-47-45(34-28-27-31-14-4-5-15-33(31)29-34)49-46(48-44)39-22-10-18-35-36(19-9-20-37(35)39)38-21-11-24-42-43(38)40-17-6-7-23-41(40)50-42/h4-6,9,13-15,17,19-22,27-29,31-33,35-36H,2-3,7-8,10-12,16,18,23-26H2,1H3. The van der Waals surface area contributed by atoms with Gasteiger partial charge in [-0.3, -0.25) is 0 Å². The molecular weight excluding hydrogens is 611 g/mol. The third-order valence-corrected chi connectivity index (χ3v) is 12.1. The number of rotatable bonds is 7. The van der Waals surface area contributed by atoms with Crippen LogP contribution in [0.15, 0.2) is 101 Å². The maximum atomic E-state index is 6.49. The van der Waals surface area contributed by atoms with Crippen molar-refractivity contribution in [1.82, 2.24) is 15.0 Å². The number of furan rings is 1. The molecule has 9 rings (SSSR count). The van der Waals surface area contributed by atoms with Crippen LogP contribution in [0.2, 0.25) is 0 Å². The number of allylic oxidation sites excluding steroid dienone is 19. The van der Waals surface area contributed by atoms with Crippen molar-refractivity contribution in [3.63, 3.8) is 0 Å². The number of hydrogen-bond acceptors (Lipinski definition) is 4. The van der Waals surface area contributed by atoms with Gasteiger partial charge in [0, 0.05) is 58.8 Å². The summed E-state index contributed by atoms with van der Waals surface area (Å²) >= 11 is 0. The van der Waals surface area contributed by atoms with Crippen LogP contribution >= 0.6 is 0 Å². The number of fused-ring (bicyclic) bond motifs is 5. The number of hydrogen-bond donors (Lipinski definition) is 0. The number of aromatic nitrogens is 3. The van der Waals surface area contributed by atoms with E-state index in [1.54, 1.807) is 5.57 Å². The maximum absolute atomic E-state index is 6.49. The van der Waals surface area contributed by atoms with Crippen LogP contribution in [0.25, 0.3) is 22.8 Å². The molecule has 50 heavy (non-hydrogen) atoms. The van der Waals surface area contributed by atoms with Crippen LogP contribution in [-0.4, -0.2) is 15.0 Å². The van der Waals surface area contributed by atoms with E-state index in [-0.39, 0.29) is 0 Å². The summed E-state index contributed by atoms with van der Waals surface area (Å²) in [5.41, 5.74) is 9.50. The summed E-state index contributed by atoms with van der Waals surface area (Å²) in [6, 6.07) is 0. The van der Waals surface area contributed by atoms with Gasteiger partial charge >= 0.3 is 0 Å². The van der Waals surface area contributed by atoms with Gasteiger partial charge < -0.3 is 4.42 Å². The normalized spacial score (nSPS) is 27.9. The van der Waals surface area contributed by atoms with Gasteiger partial charge in [-0.05, 0) is 81.3 Å². The van der Waals surface area contributed by atoms with Crippen molar-refractivity contribution in [2.24, 2.45) is 23.7 Å². The van der Waals surface area contributed by atoms with Crippen molar-refractivity contribution >= 4 is 22.8 Å². The summed E-state index contributed by atoms with van der Waals surface area (Å²) in [4.78, 5) is 16.0. The summed E-state index contributed by atoms with van der Waals surface area (Å²) in [7, 11) is 0. The van der Waals surface area contributed by atoms with Gasteiger partial charge in [-0.15, -0.1) is 0 Å². The lowest BCUT2D eigenvalue weighted by Gasteiger charge is -2.36. The molecule has 0 N–H and O–H groups in total. The zero-order valence-corrected chi connectivity index (χ0v) is 29.5. The molecule has 254 valence electrons. The van der Waals surface area contributed by atoms with Gasteiger partial charge in [0.15, 0.2) is 11.6 Å². The summed E-state index contributed by atoms with van der Waals surface area (Å²) in [6.45, 7) is 2.29. The van der Waals surface area contributed by atoms with Crippen molar-refractivity contribution in [3.8, 4) is 0 Å². The van der Waals surface area contributed by atoms with E-state index in [1.165, 1.54) is 58.6 Å². The summed E-state index contributed by atoms with van der Waals surface area (Å²) in [6.07, 6.45) is 49.5. The fraction of sp³-hybridized carbons (Fsp3) is 0.413. The fourth-order valence-corrected chi connectivity index (χ4v) is 9.43. The monoisotopic (exact) mass is 659 g/mol. The average Bonchev–Trinajstić information content (AvgIpc) is 3.39. The first-order valence-electron chi connectivity index (χ1n) is 19.5. The highest BCUT2D eigenvalue weighted by molar-refractivity contribution is 5.84. The van der Waals surface area contributed by atoms with Gasteiger partial charge in [-0.1, -0.05) is 110 Å². The highest BCUT2D eigenvalue weighted by atomic mass is 16.3. The van der Waals surface area contributed by atoms with Crippen molar-refractivity contribution in [2.45, 2.75) is 96.3 Å². The zero-order chi connectivity index (χ0) is 33.4. The molecule has 0 bridgehead atoms. The second-order valence-electron chi connectivity index (χ2n) is 15.2. The lowest BCUT2D eigenvalue weighted by Crippen LogP contribution is -2.24. The SMILES string of the molecule is CCCCC1=CCCC(c2nc(C3=CC4C=CC=CC4C=C3)nc(C3=CCCC4C3=CC=CC4C3=CCCc4oc5c(c43)C=CCC5)n2)CC1. The summed E-state index contributed by atoms with van der Waals surface area (Å²) in [5.74, 6) is 6.82. The molecule has 0 amide bonds. The van der Waals surface area contributed by atoms with Gasteiger partial charge in [-0.25, -0.2) is 15.0 Å². The third-order valence-electron chi connectivity index (χ3n) is 12.1. The molecule has 7 aliphatic rings. The van der Waals surface area contributed by atoms with Crippen LogP contribution in [0.5, 0.6) is 0 Å². The molecule has 0 aromatic carbocycles. The smallest absolute Gasteiger partial charge is 0.163 e. The summed E-state index contributed by atoms with van der Waals surface area (Å²) < 4.78 is 6.49. The molecule has 7 aliphatic carbocycles. The third kappa shape index (κ3) is 5.95. The molecule has 5 atom stereocenters. The predicted molar refractivity (Wildman–Crippen MR) is 205 cm³/mol. The minimum atomic E-state index is 0.317. The molecule has 4 heteroatoms. The molecule has 0 saturated carbocycles. The lowest BCUT2D eigenvalue weighted by atomic mass is 9.68. The van der Waals surface area contributed by atoms with Crippen LogP contribution in [0.3, 0.4) is 0 Å². The van der Waals surface area contributed by atoms with Gasteiger partial charge in [0.2, 0.25) is 0 Å². The molecule has 0 fully saturated rings. The zero-order valence-electron chi connectivity index (χ0n) is 29.5. The van der Waals surface area contributed by atoms with E-state index in [0.29, 0.717) is 29.6 Å². The highest BCUT2D eigenvalue weighted by Crippen LogP contribution is 2.50. The number of nitrogens with zero attached hydrogens (tertiary/aromatic N) is 3. The van der Waals surface area contributed by atoms with E-state index in [9.17, 15) is 0 Å². The molecule has 0 saturated heterocycles. The Balaban J connectivity index is 1.07. The van der Waals surface area contributed by atoms with Gasteiger partial charge in [0.25, 0.3) is 0 Å². The Morgan fingerprint density at radius 3 is 2.56 bits per heavy atom. The van der Waals surface area contributed by atoms with Crippen molar-refractivity contribution in [2.75, 3.05) is 0 Å². The van der Waals surface area contributed by atoms with E-state index in [1.807, 2.05) is 0 Å². The molecule has 0 aliphatic heterocycles. The topological polar surface area (TPSA) is 51.8 Å². The van der Waals surface area contributed by atoms with Crippen LogP contribution in [0, 0.1) is 23.7 Å². The quantitative estimate of drug-likeness (QED) is 0.278. The van der Waals surface area contributed by atoms with Crippen molar-refractivity contribution < 1.29 is 4.42 Å². The lowest BCUT2D eigenvalue weighted by molar-refractivity contribution is 0.457. The van der Waals surface area contributed by atoms with Gasteiger partial charge in [-0.2, -0.15) is 0 Å². The molecule has 5 unspecified atom stereocenters. The molecule has 4 nitrogen and oxygen atoms in total. The van der Waals surface area contributed by atoms with Crippen LogP contribution in [0.1, 0.15) is 124 Å². The minimum absolute atomic E-state index is 0.317. The average molecular weight is 660 g/mol. The minimum Gasteiger partial charge on any atom is -0.465 e. The molecule has 0 spiro atoms. The maximum Gasteiger partial charge on any atom is 0.163 e. The largest absolute Gasteiger partial charge is 0.465 e. The first kappa shape index (κ1) is 31.7. The van der Waals surface area contributed by atoms with Crippen molar-refractivity contribution in [1.29, 1.82) is 0 Å². The number of unbranched alkanes of at least 4 members (excludes halogenated alkanes) is 1. The Labute approximate surface area is 297 Å². The van der Waals surface area contributed by atoms with E-state index in [0.717, 1.165) is 87.3 Å². The highest BCUT2D eigenvalue weighted by Gasteiger charge is 2.37.